The van der Waals surface area contributed by atoms with Crippen molar-refractivity contribution in [2.24, 2.45) is 0 Å². The first-order valence-electron chi connectivity index (χ1n) is 7.59. The number of carbonyl (C=O) groups is 1. The first-order valence-corrected chi connectivity index (χ1v) is 7.97. The maximum Gasteiger partial charge on any atom is 0.306 e. The summed E-state index contributed by atoms with van der Waals surface area (Å²) in [5, 5.41) is 0.225. The summed E-state index contributed by atoms with van der Waals surface area (Å²) in [6.45, 7) is 9.02. The van der Waals surface area contributed by atoms with Crippen LogP contribution in [-0.2, 0) is 9.53 Å². The Morgan fingerprint density at radius 2 is 1.83 bits per heavy atom. The van der Waals surface area contributed by atoms with E-state index in [4.69, 9.17) is 16.3 Å². The lowest BCUT2D eigenvalue weighted by Crippen LogP contribution is -2.03. The van der Waals surface area contributed by atoms with Gasteiger partial charge in [0.15, 0.2) is 0 Å². The summed E-state index contributed by atoms with van der Waals surface area (Å²) >= 11 is 5.84. The number of halogens is 3. The molecule has 0 amide bonds. The Kier molecular flexibility index (Phi) is 7.86. The fraction of sp³-hybridized carbons (Fsp3) is 0.316. The summed E-state index contributed by atoms with van der Waals surface area (Å²) < 4.78 is 32.4. The third-order valence-electron chi connectivity index (χ3n) is 3.28. The van der Waals surface area contributed by atoms with E-state index in [9.17, 15) is 13.6 Å². The lowest BCUT2D eigenvalue weighted by molar-refractivity contribution is -0.143. The van der Waals surface area contributed by atoms with Crippen LogP contribution in [-0.4, -0.2) is 12.6 Å². The van der Waals surface area contributed by atoms with E-state index in [-0.39, 0.29) is 30.3 Å². The smallest absolute Gasteiger partial charge is 0.306 e. The van der Waals surface area contributed by atoms with Crippen LogP contribution in [0, 0.1) is 19.7 Å². The lowest BCUT2D eigenvalue weighted by Gasteiger charge is -2.12. The van der Waals surface area contributed by atoms with Crippen molar-refractivity contribution in [2.45, 2.75) is 33.6 Å². The molecule has 0 heterocycles. The van der Waals surface area contributed by atoms with E-state index in [1.54, 1.807) is 20.8 Å². The van der Waals surface area contributed by atoms with Crippen LogP contribution in [0.4, 0.5) is 8.78 Å². The van der Waals surface area contributed by atoms with Crippen molar-refractivity contribution in [1.29, 1.82) is 0 Å². The van der Waals surface area contributed by atoms with E-state index in [1.807, 2.05) is 0 Å². The number of hydrogen-bond donors (Lipinski definition) is 0. The Labute approximate surface area is 146 Å². The van der Waals surface area contributed by atoms with E-state index >= 15 is 0 Å². The molecule has 0 fully saturated rings. The van der Waals surface area contributed by atoms with Gasteiger partial charge in [-0.3, -0.25) is 4.79 Å². The van der Waals surface area contributed by atoms with Crippen LogP contribution in [0.3, 0.4) is 0 Å². The van der Waals surface area contributed by atoms with Gasteiger partial charge in [-0.2, -0.15) is 0 Å². The monoisotopic (exact) mass is 354 g/mol. The molecule has 1 aromatic carbocycles. The molecule has 0 N–H and O–H groups in total. The maximum atomic E-state index is 14.2. The number of ether oxygens (including phenoxy) is 1. The summed E-state index contributed by atoms with van der Waals surface area (Å²) in [6, 6.07) is 2.75. The molecule has 0 aromatic heterocycles. The van der Waals surface area contributed by atoms with Crippen LogP contribution in [0.1, 0.15) is 36.5 Å². The second kappa shape index (κ2) is 9.38. The Bertz CT molecular complexity index is 668. The predicted octanol–water partition coefficient (Wildman–Crippen LogP) is 5.78. The molecule has 0 atom stereocenters. The molecule has 24 heavy (non-hydrogen) atoms. The summed E-state index contributed by atoms with van der Waals surface area (Å²) in [4.78, 5) is 11.3. The molecule has 2 nitrogen and oxygen atoms in total. The molecule has 0 bridgehead atoms. The Hall–Kier alpha value is -1.94. The quantitative estimate of drug-likeness (QED) is 0.458. The number of esters is 1. The van der Waals surface area contributed by atoms with Crippen LogP contribution >= 0.6 is 11.6 Å². The normalized spacial score (nSPS) is 12.2. The summed E-state index contributed by atoms with van der Waals surface area (Å²) in [5.74, 6) is -1.30. The molecule has 5 heteroatoms. The number of aryl methyl sites for hydroxylation is 2. The summed E-state index contributed by atoms with van der Waals surface area (Å²) in [7, 11) is 0. The minimum absolute atomic E-state index is 0.0490. The number of rotatable bonds is 7. The third-order valence-corrected chi connectivity index (χ3v) is 3.39. The maximum absolute atomic E-state index is 14.2. The highest BCUT2D eigenvalue weighted by Gasteiger charge is 2.11. The second-order valence-electron chi connectivity index (χ2n) is 5.36. The van der Waals surface area contributed by atoms with Crippen LogP contribution in [0.2, 0.25) is 0 Å². The third kappa shape index (κ3) is 6.28. The van der Waals surface area contributed by atoms with Crippen molar-refractivity contribution in [3.8, 4) is 0 Å². The van der Waals surface area contributed by atoms with Crippen LogP contribution in [0.15, 0.2) is 41.7 Å². The zero-order valence-electron chi connectivity index (χ0n) is 14.1. The van der Waals surface area contributed by atoms with Gasteiger partial charge >= 0.3 is 5.97 Å². The predicted molar refractivity (Wildman–Crippen MR) is 93.9 cm³/mol. The molecule has 1 rings (SSSR count). The van der Waals surface area contributed by atoms with Crippen molar-refractivity contribution < 1.29 is 18.3 Å². The van der Waals surface area contributed by atoms with E-state index in [0.29, 0.717) is 22.3 Å². The zero-order chi connectivity index (χ0) is 18.3. The van der Waals surface area contributed by atoms with Gasteiger partial charge < -0.3 is 4.74 Å². The van der Waals surface area contributed by atoms with Crippen molar-refractivity contribution >= 4 is 23.1 Å². The first-order chi connectivity index (χ1) is 11.2. The van der Waals surface area contributed by atoms with Gasteiger partial charge in [-0.25, -0.2) is 8.78 Å². The second-order valence-corrected chi connectivity index (χ2v) is 5.84. The number of benzene rings is 1. The van der Waals surface area contributed by atoms with Crippen LogP contribution < -0.4 is 0 Å². The molecule has 0 unspecified atom stereocenters. The highest BCUT2D eigenvalue weighted by Crippen LogP contribution is 2.29. The highest BCUT2D eigenvalue weighted by molar-refractivity contribution is 6.31. The number of hydrogen-bond acceptors (Lipinski definition) is 2. The van der Waals surface area contributed by atoms with Gasteiger partial charge in [0.2, 0.25) is 0 Å². The molecule has 0 saturated carbocycles. The fourth-order valence-corrected chi connectivity index (χ4v) is 2.53. The molecule has 130 valence electrons. The Morgan fingerprint density at radius 1 is 1.25 bits per heavy atom. The van der Waals surface area contributed by atoms with E-state index < -0.39 is 11.8 Å². The van der Waals surface area contributed by atoms with Gasteiger partial charge in [-0.05, 0) is 67.3 Å². The molecular formula is C19H21ClF2O2. The van der Waals surface area contributed by atoms with Crippen LogP contribution in [0.25, 0.3) is 5.57 Å². The molecule has 0 radical (unpaired) electrons. The van der Waals surface area contributed by atoms with Gasteiger partial charge in [-0.15, -0.1) is 0 Å². The molecule has 0 aliphatic rings. The number of carbonyl (C=O) groups excluding carboxylic acids is 1. The lowest BCUT2D eigenvalue weighted by atomic mass is 9.94. The molecule has 0 saturated heterocycles. The van der Waals surface area contributed by atoms with Gasteiger partial charge in [0.05, 0.1) is 13.0 Å². The summed E-state index contributed by atoms with van der Waals surface area (Å²) in [5.41, 5.74) is 2.48. The average Bonchev–Trinajstić information content (AvgIpc) is 2.43. The van der Waals surface area contributed by atoms with Gasteiger partial charge in [0, 0.05) is 11.5 Å². The van der Waals surface area contributed by atoms with E-state index in [1.165, 1.54) is 24.3 Å². The molecule has 0 aliphatic heterocycles. The standard InChI is InChI=1S/C19H21ClF2O2/c1-5-24-18(23)7-6-16(21)11-15(10-14(4)20)19-12(2)8-17(22)9-13(19)3/h8-11H,4-7H2,1-3H3/b15-10+,16-11-. The fourth-order valence-electron chi connectivity index (χ4n) is 2.42. The van der Waals surface area contributed by atoms with Crippen LogP contribution in [0.5, 0.6) is 0 Å². The summed E-state index contributed by atoms with van der Waals surface area (Å²) in [6.07, 6.45) is 2.68. The van der Waals surface area contributed by atoms with Crippen molar-refractivity contribution in [1.82, 2.24) is 0 Å². The Morgan fingerprint density at radius 3 is 2.33 bits per heavy atom. The highest BCUT2D eigenvalue weighted by atomic mass is 35.5. The van der Waals surface area contributed by atoms with E-state index in [2.05, 4.69) is 6.58 Å². The minimum Gasteiger partial charge on any atom is -0.466 e. The van der Waals surface area contributed by atoms with Crippen molar-refractivity contribution in [3.63, 3.8) is 0 Å². The molecule has 0 aliphatic carbocycles. The van der Waals surface area contributed by atoms with Gasteiger partial charge in [0.1, 0.15) is 11.6 Å². The molecule has 1 aromatic rings. The SMILES string of the molecule is C=C(Cl)/C=C(\C=C(/F)CCC(=O)OCC)c1c(C)cc(F)cc1C. The average molecular weight is 355 g/mol. The molecular weight excluding hydrogens is 334 g/mol. The van der Waals surface area contributed by atoms with Gasteiger partial charge in [-0.1, -0.05) is 18.2 Å². The largest absolute Gasteiger partial charge is 0.466 e. The topological polar surface area (TPSA) is 26.3 Å². The minimum atomic E-state index is -0.490. The zero-order valence-corrected chi connectivity index (χ0v) is 14.8. The molecule has 0 spiro atoms. The first kappa shape index (κ1) is 20.1. The van der Waals surface area contributed by atoms with E-state index in [0.717, 1.165) is 0 Å². The Balaban J connectivity index is 3.14. The van der Waals surface area contributed by atoms with Crippen molar-refractivity contribution in [3.05, 3.63) is 64.2 Å². The van der Waals surface area contributed by atoms with Gasteiger partial charge in [0.25, 0.3) is 0 Å². The number of allylic oxidation sites excluding steroid dienone is 5. The van der Waals surface area contributed by atoms with Crippen molar-refractivity contribution in [2.75, 3.05) is 6.61 Å².